The fourth-order valence-corrected chi connectivity index (χ4v) is 2.39. The summed E-state index contributed by atoms with van der Waals surface area (Å²) in [6.07, 6.45) is 0. The van der Waals surface area contributed by atoms with Crippen molar-refractivity contribution in [1.82, 2.24) is 19.7 Å². The highest BCUT2D eigenvalue weighted by atomic mass is 15.3. The summed E-state index contributed by atoms with van der Waals surface area (Å²) in [5.41, 5.74) is 3.67. The number of hydrazine groups is 1. The minimum atomic E-state index is 0.729. The molecule has 2 rings (SSSR count). The lowest BCUT2D eigenvalue weighted by Gasteiger charge is -2.35. The molecule has 0 saturated carbocycles. The number of likely N-dealkylation sites (N-methyl/N-ethyl adjacent to an activating group) is 1. The van der Waals surface area contributed by atoms with Crippen LogP contribution in [0.5, 0.6) is 0 Å². The lowest BCUT2D eigenvalue weighted by atomic mass is 10.2. The number of pyridine rings is 1. The van der Waals surface area contributed by atoms with E-state index < -0.39 is 0 Å². The summed E-state index contributed by atoms with van der Waals surface area (Å²) >= 11 is 0. The molecule has 3 N–H and O–H groups in total. The molecule has 1 aromatic rings. The summed E-state index contributed by atoms with van der Waals surface area (Å²) in [6.45, 7) is 7.69. The van der Waals surface area contributed by atoms with Gasteiger partial charge < -0.3 is 10.3 Å². The Morgan fingerprint density at radius 1 is 1.20 bits per heavy atom. The number of nitrogen functional groups attached to an aromatic ring is 1. The molecule has 2 heterocycles. The Morgan fingerprint density at radius 2 is 1.90 bits per heavy atom. The highest BCUT2D eigenvalue weighted by Crippen LogP contribution is 2.09. The quantitative estimate of drug-likeness (QED) is 0.566. The van der Waals surface area contributed by atoms with Crippen LogP contribution in [0.1, 0.15) is 5.69 Å². The van der Waals surface area contributed by atoms with Gasteiger partial charge in [0, 0.05) is 45.8 Å². The minimum Gasteiger partial charge on any atom is -0.308 e. The van der Waals surface area contributed by atoms with Crippen LogP contribution < -0.4 is 11.3 Å². The van der Waals surface area contributed by atoms with E-state index in [0.717, 1.165) is 57.3 Å². The van der Waals surface area contributed by atoms with Gasteiger partial charge >= 0.3 is 0 Å². The third-order valence-electron chi connectivity index (χ3n) is 3.67. The number of hydrogen-bond donors (Lipinski definition) is 2. The van der Waals surface area contributed by atoms with E-state index in [1.165, 1.54) is 0 Å². The molecule has 112 valence electrons. The Kier molecular flexibility index (Phi) is 5.72. The van der Waals surface area contributed by atoms with Crippen LogP contribution in [0.15, 0.2) is 18.2 Å². The number of aromatic nitrogens is 1. The van der Waals surface area contributed by atoms with Gasteiger partial charge in [0.15, 0.2) is 0 Å². The van der Waals surface area contributed by atoms with Gasteiger partial charge in [-0.2, -0.15) is 0 Å². The van der Waals surface area contributed by atoms with Crippen LogP contribution in [0.2, 0.25) is 0 Å². The number of nitrogens with one attached hydrogen (secondary N) is 1. The SMILES string of the molecule is CN(C)CCN1CCN(Cc2cccc(NN)n2)CC1. The molecule has 6 nitrogen and oxygen atoms in total. The zero-order valence-corrected chi connectivity index (χ0v) is 12.5. The number of hydrogen-bond acceptors (Lipinski definition) is 6. The van der Waals surface area contributed by atoms with Crippen molar-refractivity contribution in [2.75, 3.05) is 58.8 Å². The van der Waals surface area contributed by atoms with Crippen LogP contribution in [-0.4, -0.2) is 73.0 Å². The third-order valence-corrected chi connectivity index (χ3v) is 3.67. The largest absolute Gasteiger partial charge is 0.308 e. The molecule has 1 saturated heterocycles. The molecule has 0 amide bonds. The average Bonchev–Trinajstić information content (AvgIpc) is 2.47. The van der Waals surface area contributed by atoms with Crippen LogP contribution in [0.25, 0.3) is 0 Å². The van der Waals surface area contributed by atoms with Crippen LogP contribution >= 0.6 is 0 Å². The lowest BCUT2D eigenvalue weighted by molar-refractivity contribution is 0.119. The van der Waals surface area contributed by atoms with E-state index in [9.17, 15) is 0 Å². The normalized spacial score (nSPS) is 17.6. The summed E-state index contributed by atoms with van der Waals surface area (Å²) in [6, 6.07) is 5.92. The smallest absolute Gasteiger partial charge is 0.140 e. The van der Waals surface area contributed by atoms with Crippen molar-refractivity contribution in [2.24, 2.45) is 5.84 Å². The van der Waals surface area contributed by atoms with E-state index >= 15 is 0 Å². The Bertz CT molecular complexity index is 400. The highest BCUT2D eigenvalue weighted by Gasteiger charge is 2.17. The number of anilines is 1. The molecule has 0 spiro atoms. The monoisotopic (exact) mass is 278 g/mol. The number of nitrogens with two attached hydrogens (primary N) is 1. The van der Waals surface area contributed by atoms with Gasteiger partial charge in [-0.15, -0.1) is 0 Å². The first kappa shape index (κ1) is 15.2. The van der Waals surface area contributed by atoms with Crippen molar-refractivity contribution in [3.05, 3.63) is 23.9 Å². The van der Waals surface area contributed by atoms with Crippen LogP contribution in [0, 0.1) is 0 Å². The van der Waals surface area contributed by atoms with Crippen molar-refractivity contribution in [2.45, 2.75) is 6.54 Å². The number of nitrogens with zero attached hydrogens (tertiary/aromatic N) is 4. The molecule has 0 aliphatic carbocycles. The molecule has 6 heteroatoms. The van der Waals surface area contributed by atoms with Gasteiger partial charge in [0.25, 0.3) is 0 Å². The highest BCUT2D eigenvalue weighted by molar-refractivity contribution is 5.33. The van der Waals surface area contributed by atoms with Crippen LogP contribution in [0.4, 0.5) is 5.82 Å². The van der Waals surface area contributed by atoms with Crippen molar-refractivity contribution in [1.29, 1.82) is 0 Å². The molecule has 1 fully saturated rings. The lowest BCUT2D eigenvalue weighted by Crippen LogP contribution is -2.47. The summed E-state index contributed by atoms with van der Waals surface area (Å²) in [4.78, 5) is 11.7. The van der Waals surface area contributed by atoms with Crippen molar-refractivity contribution >= 4 is 5.82 Å². The maximum Gasteiger partial charge on any atom is 0.140 e. The average molecular weight is 278 g/mol. The molecular weight excluding hydrogens is 252 g/mol. The molecule has 1 aliphatic heterocycles. The first-order valence-corrected chi connectivity index (χ1v) is 7.19. The first-order chi connectivity index (χ1) is 9.67. The summed E-state index contributed by atoms with van der Waals surface area (Å²) in [5.74, 6) is 6.12. The Hall–Kier alpha value is -1.21. The van der Waals surface area contributed by atoms with E-state index in [1.807, 2.05) is 12.1 Å². The number of rotatable bonds is 6. The molecule has 0 radical (unpaired) electrons. The van der Waals surface area contributed by atoms with E-state index in [2.05, 4.69) is 45.3 Å². The van der Waals surface area contributed by atoms with Crippen molar-refractivity contribution < 1.29 is 0 Å². The molecular formula is C14H26N6. The Balaban J connectivity index is 1.76. The summed E-state index contributed by atoms with van der Waals surface area (Å²) < 4.78 is 0. The maximum atomic E-state index is 5.39. The Labute approximate surface area is 121 Å². The number of piperazine rings is 1. The summed E-state index contributed by atoms with van der Waals surface area (Å²) in [7, 11) is 4.25. The second-order valence-electron chi connectivity index (χ2n) is 5.58. The Morgan fingerprint density at radius 3 is 2.55 bits per heavy atom. The van der Waals surface area contributed by atoms with E-state index in [1.54, 1.807) is 0 Å². The minimum absolute atomic E-state index is 0.729. The molecule has 0 atom stereocenters. The zero-order chi connectivity index (χ0) is 14.4. The summed E-state index contributed by atoms with van der Waals surface area (Å²) in [5, 5.41) is 0. The van der Waals surface area contributed by atoms with Gasteiger partial charge in [0.1, 0.15) is 5.82 Å². The van der Waals surface area contributed by atoms with Gasteiger partial charge in [-0.05, 0) is 26.2 Å². The second-order valence-corrected chi connectivity index (χ2v) is 5.58. The van der Waals surface area contributed by atoms with Crippen molar-refractivity contribution in [3.8, 4) is 0 Å². The fraction of sp³-hybridized carbons (Fsp3) is 0.643. The zero-order valence-electron chi connectivity index (χ0n) is 12.5. The van der Waals surface area contributed by atoms with Gasteiger partial charge in [-0.3, -0.25) is 9.80 Å². The molecule has 0 aromatic carbocycles. The molecule has 0 bridgehead atoms. The molecule has 1 aliphatic rings. The molecule has 0 unspecified atom stereocenters. The van der Waals surface area contributed by atoms with E-state index in [4.69, 9.17) is 5.84 Å². The fourth-order valence-electron chi connectivity index (χ4n) is 2.39. The van der Waals surface area contributed by atoms with E-state index in [-0.39, 0.29) is 0 Å². The van der Waals surface area contributed by atoms with Gasteiger partial charge in [0.2, 0.25) is 0 Å². The van der Waals surface area contributed by atoms with Gasteiger partial charge in [0.05, 0.1) is 5.69 Å². The third kappa shape index (κ3) is 4.72. The van der Waals surface area contributed by atoms with Crippen molar-refractivity contribution in [3.63, 3.8) is 0 Å². The van der Waals surface area contributed by atoms with E-state index in [0.29, 0.717) is 0 Å². The van der Waals surface area contributed by atoms with Gasteiger partial charge in [-0.1, -0.05) is 6.07 Å². The topological polar surface area (TPSA) is 60.7 Å². The standard InChI is InChI=1S/C14H26N6/c1-18(2)6-7-19-8-10-20(11-9-19)12-13-4-3-5-14(16-13)17-15/h3-5H,6-12,15H2,1-2H3,(H,16,17). The first-order valence-electron chi connectivity index (χ1n) is 7.19. The van der Waals surface area contributed by atoms with Crippen LogP contribution in [0.3, 0.4) is 0 Å². The van der Waals surface area contributed by atoms with Crippen LogP contribution in [-0.2, 0) is 6.54 Å². The second kappa shape index (κ2) is 7.54. The molecule has 1 aromatic heterocycles. The molecule has 20 heavy (non-hydrogen) atoms. The predicted octanol–water partition coefficient (Wildman–Crippen LogP) is 0.0464. The predicted molar refractivity (Wildman–Crippen MR) is 82.3 cm³/mol. The maximum absolute atomic E-state index is 5.39. The van der Waals surface area contributed by atoms with Gasteiger partial charge in [-0.25, -0.2) is 10.8 Å².